The zero-order valence-electron chi connectivity index (χ0n) is 61.4. The van der Waals surface area contributed by atoms with Gasteiger partial charge in [-0.05, 0) is 77.0 Å². The molecule has 0 radical (unpaired) electrons. The van der Waals surface area contributed by atoms with Crippen LogP contribution in [0.15, 0.2) is 24.3 Å². The molecule has 0 spiro atoms. The molecule has 2 atom stereocenters. The Balaban J connectivity index is 3.33. The molecule has 534 valence electrons. The number of aliphatic hydroxyl groups is 2. The van der Waals surface area contributed by atoms with E-state index in [2.05, 4.69) is 43.5 Å². The van der Waals surface area contributed by atoms with Gasteiger partial charge >= 0.3 is 5.97 Å². The number of esters is 1. The molecule has 90 heavy (non-hydrogen) atoms. The van der Waals surface area contributed by atoms with Crippen LogP contribution in [0.5, 0.6) is 0 Å². The van der Waals surface area contributed by atoms with Crippen LogP contribution >= 0.6 is 0 Å². The number of unbranched alkanes of at least 4 members (excludes halogenated alkanes) is 64. The van der Waals surface area contributed by atoms with Crippen LogP contribution < -0.4 is 5.32 Å². The summed E-state index contributed by atoms with van der Waals surface area (Å²) >= 11 is 0. The van der Waals surface area contributed by atoms with Crippen molar-refractivity contribution >= 4 is 11.9 Å². The van der Waals surface area contributed by atoms with Crippen LogP contribution in [-0.2, 0) is 14.3 Å². The van der Waals surface area contributed by atoms with Gasteiger partial charge in [-0.2, -0.15) is 0 Å². The van der Waals surface area contributed by atoms with Crippen LogP contribution in [0.25, 0.3) is 0 Å². The number of aliphatic hydroxyl groups excluding tert-OH is 2. The number of ether oxygens (including phenoxy) is 1. The van der Waals surface area contributed by atoms with Gasteiger partial charge in [-0.1, -0.05) is 411 Å². The Kier molecular flexibility index (Phi) is 78.3. The van der Waals surface area contributed by atoms with E-state index in [9.17, 15) is 19.8 Å². The number of carbonyl (C=O) groups excluding carboxylic acids is 2. The summed E-state index contributed by atoms with van der Waals surface area (Å²) in [5, 5.41) is 23.5. The third kappa shape index (κ3) is 75.4. The highest BCUT2D eigenvalue weighted by Crippen LogP contribution is 2.20. The van der Waals surface area contributed by atoms with E-state index in [4.69, 9.17) is 4.74 Å². The molecule has 3 N–H and O–H groups in total. The number of hydrogen-bond donors (Lipinski definition) is 3. The molecule has 0 rings (SSSR count). The number of carbonyl (C=O) groups is 2. The van der Waals surface area contributed by atoms with E-state index in [1.54, 1.807) is 0 Å². The maximum Gasteiger partial charge on any atom is 0.305 e. The first kappa shape index (κ1) is 88.3. The van der Waals surface area contributed by atoms with E-state index in [0.29, 0.717) is 25.9 Å². The van der Waals surface area contributed by atoms with Gasteiger partial charge < -0.3 is 20.3 Å². The summed E-state index contributed by atoms with van der Waals surface area (Å²) in [5.41, 5.74) is 0. The molecule has 0 aromatic rings. The molecule has 0 saturated heterocycles. The maximum absolute atomic E-state index is 12.6. The fourth-order valence-corrected chi connectivity index (χ4v) is 13.4. The third-order valence-electron chi connectivity index (χ3n) is 19.7. The molecule has 0 fully saturated rings. The van der Waals surface area contributed by atoms with Crippen molar-refractivity contribution in [1.29, 1.82) is 0 Å². The molecule has 2 unspecified atom stereocenters. The lowest BCUT2D eigenvalue weighted by Gasteiger charge is -2.22. The van der Waals surface area contributed by atoms with Gasteiger partial charge in [0.2, 0.25) is 5.91 Å². The SMILES string of the molecule is CCCCCC/C=C\CCCCCCCC(=O)OCCCCCCCCCCCCCCCCCCCC/C=C\CCCCCCCCCCCCCCCCCCCC(=O)NC(CO)C(O)CCCCCCCCCCCCCCCCCCCCCCC. The van der Waals surface area contributed by atoms with E-state index in [1.165, 1.54) is 398 Å². The van der Waals surface area contributed by atoms with Gasteiger partial charge in [0.05, 0.1) is 25.4 Å². The maximum atomic E-state index is 12.6. The minimum atomic E-state index is -0.662. The van der Waals surface area contributed by atoms with Crippen molar-refractivity contribution in [2.24, 2.45) is 0 Å². The van der Waals surface area contributed by atoms with Crippen LogP contribution in [0, 0.1) is 0 Å². The van der Waals surface area contributed by atoms with Crippen molar-refractivity contribution in [3.8, 4) is 0 Å². The van der Waals surface area contributed by atoms with Crippen LogP contribution in [-0.4, -0.2) is 47.4 Å². The lowest BCUT2D eigenvalue weighted by atomic mass is 10.0. The Morgan fingerprint density at radius 1 is 0.300 bits per heavy atom. The zero-order chi connectivity index (χ0) is 64.9. The highest BCUT2D eigenvalue weighted by molar-refractivity contribution is 5.76. The highest BCUT2D eigenvalue weighted by Gasteiger charge is 2.20. The fraction of sp³-hybridized carbons (Fsp3) is 0.929. The van der Waals surface area contributed by atoms with Crippen LogP contribution in [0.4, 0.5) is 0 Å². The van der Waals surface area contributed by atoms with Crippen molar-refractivity contribution in [3.63, 3.8) is 0 Å². The second-order valence-electron chi connectivity index (χ2n) is 28.8. The summed E-state index contributed by atoms with van der Waals surface area (Å²) in [6.07, 6.45) is 103. The largest absolute Gasteiger partial charge is 0.466 e. The van der Waals surface area contributed by atoms with Gasteiger partial charge in [0.25, 0.3) is 0 Å². The van der Waals surface area contributed by atoms with Gasteiger partial charge in [0, 0.05) is 12.8 Å². The van der Waals surface area contributed by atoms with Crippen LogP contribution in [0.3, 0.4) is 0 Å². The number of rotatable bonds is 79. The van der Waals surface area contributed by atoms with Crippen molar-refractivity contribution in [3.05, 3.63) is 24.3 Å². The number of hydrogen-bond acceptors (Lipinski definition) is 5. The Bertz CT molecular complexity index is 1410. The van der Waals surface area contributed by atoms with Gasteiger partial charge in [-0.3, -0.25) is 9.59 Å². The summed E-state index contributed by atoms with van der Waals surface area (Å²) in [4.78, 5) is 24.6. The van der Waals surface area contributed by atoms with E-state index < -0.39 is 12.1 Å². The normalized spacial score (nSPS) is 12.5. The molecule has 0 aromatic carbocycles. The van der Waals surface area contributed by atoms with Crippen molar-refractivity contribution < 1.29 is 24.5 Å². The summed E-state index contributed by atoms with van der Waals surface area (Å²) in [7, 11) is 0. The van der Waals surface area contributed by atoms with E-state index in [1.807, 2.05) is 0 Å². The Morgan fingerprint density at radius 3 is 0.800 bits per heavy atom. The molecule has 1 amide bonds. The second kappa shape index (κ2) is 79.8. The minimum absolute atomic E-state index is 0.0141. The monoisotopic (exact) mass is 1270 g/mol. The molecule has 6 nitrogen and oxygen atoms in total. The van der Waals surface area contributed by atoms with Gasteiger partial charge in [0.1, 0.15) is 0 Å². The third-order valence-corrected chi connectivity index (χ3v) is 19.7. The van der Waals surface area contributed by atoms with Gasteiger partial charge in [0.15, 0.2) is 0 Å². The lowest BCUT2D eigenvalue weighted by molar-refractivity contribution is -0.143. The van der Waals surface area contributed by atoms with E-state index in [0.717, 1.165) is 44.9 Å². The molecule has 0 heterocycles. The topological polar surface area (TPSA) is 95.9 Å². The van der Waals surface area contributed by atoms with Gasteiger partial charge in [-0.15, -0.1) is 0 Å². The van der Waals surface area contributed by atoms with E-state index in [-0.39, 0.29) is 18.5 Å². The van der Waals surface area contributed by atoms with Crippen molar-refractivity contribution in [2.75, 3.05) is 13.2 Å². The summed E-state index contributed by atoms with van der Waals surface area (Å²) in [5.74, 6) is -0.0110. The standard InChI is InChI=1S/C84H163NO5/c1-3-5-7-9-11-13-15-17-18-19-20-40-43-46-49-53-56-60-64-68-72-76-82(87)81(80-86)85-83(88)77-73-69-65-61-57-54-50-47-44-41-38-36-34-32-30-28-26-24-22-21-23-25-27-29-31-33-35-37-39-42-45-48-51-55-59-63-67-71-75-79-90-84(89)78-74-70-66-62-58-52-16-14-12-10-8-6-4-2/h14,16,21-22,81-82,86-87H,3-13,15,17-20,23-80H2,1-2H3,(H,85,88)/b16-14-,22-21-. The summed E-state index contributed by atoms with van der Waals surface area (Å²) in [6.45, 7) is 4.99. The smallest absolute Gasteiger partial charge is 0.305 e. The van der Waals surface area contributed by atoms with Crippen molar-refractivity contribution in [2.45, 2.75) is 488 Å². The van der Waals surface area contributed by atoms with Crippen molar-refractivity contribution in [1.82, 2.24) is 5.32 Å². The second-order valence-corrected chi connectivity index (χ2v) is 28.8. The predicted molar refractivity (Wildman–Crippen MR) is 398 cm³/mol. The fourth-order valence-electron chi connectivity index (χ4n) is 13.4. The Hall–Kier alpha value is -1.66. The zero-order valence-corrected chi connectivity index (χ0v) is 61.4. The highest BCUT2D eigenvalue weighted by atomic mass is 16.5. The number of amides is 1. The molecule has 0 saturated carbocycles. The van der Waals surface area contributed by atoms with E-state index >= 15 is 0 Å². The molecule has 0 aliphatic heterocycles. The first-order chi connectivity index (χ1) is 44.5. The quantitative estimate of drug-likeness (QED) is 0.0320. The molecule has 0 bridgehead atoms. The van der Waals surface area contributed by atoms with Crippen LogP contribution in [0.1, 0.15) is 476 Å². The summed E-state index contributed by atoms with van der Waals surface area (Å²) in [6, 6.07) is -0.539. The average molecular weight is 1270 g/mol. The Labute approximate surface area is 564 Å². The first-order valence-corrected chi connectivity index (χ1v) is 41.6. The molecule has 0 aromatic heterocycles. The Morgan fingerprint density at radius 2 is 0.522 bits per heavy atom. The molecular formula is C84H163NO5. The number of nitrogens with one attached hydrogen (secondary N) is 1. The number of allylic oxidation sites excluding steroid dienone is 4. The molecular weight excluding hydrogens is 1100 g/mol. The summed E-state index contributed by atoms with van der Waals surface area (Å²) < 4.78 is 5.49. The van der Waals surface area contributed by atoms with Crippen LogP contribution in [0.2, 0.25) is 0 Å². The average Bonchev–Trinajstić information content (AvgIpc) is 3.70. The molecule has 6 heteroatoms. The van der Waals surface area contributed by atoms with Gasteiger partial charge in [-0.25, -0.2) is 0 Å². The minimum Gasteiger partial charge on any atom is -0.466 e. The molecule has 0 aliphatic rings. The predicted octanol–water partition coefficient (Wildman–Crippen LogP) is 27.6. The molecule has 0 aliphatic carbocycles. The lowest BCUT2D eigenvalue weighted by Crippen LogP contribution is -2.45. The first-order valence-electron chi connectivity index (χ1n) is 41.6.